The average molecular weight is 210 g/mol. The maximum absolute atomic E-state index is 3.20. The minimum absolute atomic E-state index is 0.585. The Morgan fingerprint density at radius 3 is 2.62 bits per heavy atom. The fourth-order valence-corrected chi connectivity index (χ4v) is 1.61. The van der Waals surface area contributed by atoms with E-state index in [0.29, 0.717) is 6.04 Å². The molecule has 0 saturated carbocycles. The van der Waals surface area contributed by atoms with Gasteiger partial charge in [0.15, 0.2) is 12.3 Å². The third-order valence-electron chi connectivity index (χ3n) is 2.84. The van der Waals surface area contributed by atoms with E-state index in [1.807, 2.05) is 30.3 Å². The molecule has 0 bridgehead atoms. The van der Waals surface area contributed by atoms with Gasteiger partial charge in [-0.3, -0.25) is 0 Å². The molecule has 2 rings (SSSR count). The van der Waals surface area contributed by atoms with Crippen LogP contribution in [0.1, 0.15) is 18.9 Å². The van der Waals surface area contributed by atoms with E-state index < -0.39 is 0 Å². The average Bonchev–Trinajstić information content (AvgIpc) is 2.32. The number of hydrogen-bond acceptors (Lipinski definition) is 0. The zero-order valence-electron chi connectivity index (χ0n) is 9.77. The lowest BCUT2D eigenvalue weighted by molar-refractivity contribution is -0.529. The minimum Gasteiger partial charge on any atom is -0.235 e. The molecule has 16 heavy (non-hydrogen) atoms. The largest absolute Gasteiger partial charge is 0.235 e. The van der Waals surface area contributed by atoms with Crippen molar-refractivity contribution in [3.05, 3.63) is 47.5 Å². The van der Waals surface area contributed by atoms with E-state index in [1.54, 1.807) is 0 Å². The summed E-state index contributed by atoms with van der Waals surface area (Å²) in [7, 11) is 2.10. The molecular formula is C15H16N+. The van der Waals surface area contributed by atoms with Crippen molar-refractivity contribution < 1.29 is 4.58 Å². The summed E-state index contributed by atoms with van der Waals surface area (Å²) in [6.45, 7) is 2.22. The molecule has 1 aliphatic rings. The molecular weight excluding hydrogens is 194 g/mol. The number of hydrogen-bond donors (Lipinski definition) is 0. The number of nitrogens with zero attached hydrogens (tertiary/aromatic N) is 1. The molecule has 80 valence electrons. The summed E-state index contributed by atoms with van der Waals surface area (Å²) in [5, 5.41) is 0. The van der Waals surface area contributed by atoms with Crippen molar-refractivity contribution in [2.24, 2.45) is 0 Å². The highest BCUT2D eigenvalue weighted by molar-refractivity contribution is 5.81. The lowest BCUT2D eigenvalue weighted by Crippen LogP contribution is -2.23. The van der Waals surface area contributed by atoms with Gasteiger partial charge in [-0.1, -0.05) is 36.1 Å². The molecule has 1 heteroatoms. The van der Waals surface area contributed by atoms with Gasteiger partial charge in [0.25, 0.3) is 0 Å². The smallest absolute Gasteiger partial charge is 0.178 e. The molecule has 0 radical (unpaired) electrons. The molecule has 0 fully saturated rings. The van der Waals surface area contributed by atoms with Gasteiger partial charge in [0, 0.05) is 12.0 Å². The number of benzene rings is 1. The molecule has 1 aromatic rings. The lowest BCUT2D eigenvalue weighted by Gasteiger charge is -2.09. The van der Waals surface area contributed by atoms with E-state index in [1.165, 1.54) is 0 Å². The summed E-state index contributed by atoms with van der Waals surface area (Å²) in [5.74, 6) is 6.38. The van der Waals surface area contributed by atoms with Crippen LogP contribution in [0.25, 0.3) is 0 Å². The van der Waals surface area contributed by atoms with Crippen LogP contribution in [0, 0.1) is 11.8 Å². The number of allylic oxidation sites excluding steroid dienone is 1. The van der Waals surface area contributed by atoms with E-state index in [4.69, 9.17) is 0 Å². The normalized spacial score (nSPS) is 19.2. The van der Waals surface area contributed by atoms with E-state index in [-0.39, 0.29) is 0 Å². The van der Waals surface area contributed by atoms with Gasteiger partial charge in [-0.25, -0.2) is 4.58 Å². The Hall–Kier alpha value is -1.81. The Labute approximate surface area is 97.1 Å². The van der Waals surface area contributed by atoms with Crippen LogP contribution < -0.4 is 0 Å². The van der Waals surface area contributed by atoms with Crippen molar-refractivity contribution in [3.63, 3.8) is 0 Å². The Kier molecular flexibility index (Phi) is 3.22. The van der Waals surface area contributed by atoms with Crippen LogP contribution in [0.4, 0.5) is 0 Å². The SMILES string of the molecule is CC1CC=C(C#Cc2ccccc2)C=[N+]1C. The van der Waals surface area contributed by atoms with E-state index in [9.17, 15) is 0 Å². The molecule has 1 unspecified atom stereocenters. The third kappa shape index (κ3) is 2.61. The van der Waals surface area contributed by atoms with Crippen LogP contribution in [-0.2, 0) is 0 Å². The molecule has 0 aromatic heterocycles. The van der Waals surface area contributed by atoms with E-state index >= 15 is 0 Å². The van der Waals surface area contributed by atoms with Gasteiger partial charge in [0.05, 0.1) is 5.57 Å². The first-order chi connectivity index (χ1) is 7.75. The first-order valence-electron chi connectivity index (χ1n) is 5.60. The van der Waals surface area contributed by atoms with Crippen molar-refractivity contribution in [2.45, 2.75) is 19.4 Å². The molecule has 1 atom stereocenters. The summed E-state index contributed by atoms with van der Waals surface area (Å²) < 4.78 is 2.22. The second-order valence-electron chi connectivity index (χ2n) is 4.15. The van der Waals surface area contributed by atoms with Gasteiger partial charge in [0.2, 0.25) is 0 Å². The second-order valence-corrected chi connectivity index (χ2v) is 4.15. The molecule has 0 spiro atoms. The van der Waals surface area contributed by atoms with E-state index in [0.717, 1.165) is 17.6 Å². The number of rotatable bonds is 0. The van der Waals surface area contributed by atoms with Gasteiger partial charge in [-0.2, -0.15) is 0 Å². The minimum atomic E-state index is 0.585. The van der Waals surface area contributed by atoms with Gasteiger partial charge < -0.3 is 0 Å². The first-order valence-corrected chi connectivity index (χ1v) is 5.60. The summed E-state index contributed by atoms with van der Waals surface area (Å²) in [5.41, 5.74) is 2.18. The highest BCUT2D eigenvalue weighted by Crippen LogP contribution is 2.06. The lowest BCUT2D eigenvalue weighted by atomic mass is 10.1. The van der Waals surface area contributed by atoms with Crippen LogP contribution >= 0.6 is 0 Å². The predicted molar refractivity (Wildman–Crippen MR) is 67.7 cm³/mol. The molecule has 0 amide bonds. The topological polar surface area (TPSA) is 3.01 Å². The Morgan fingerprint density at radius 1 is 1.19 bits per heavy atom. The highest BCUT2D eigenvalue weighted by atomic mass is 15.0. The standard InChI is InChI=1S/C15H16N/c1-13-8-9-15(12-16(13)2)11-10-14-6-4-3-5-7-14/h3-7,9,12-13H,8H2,1-2H3/q+1. The first kappa shape index (κ1) is 10.7. The van der Waals surface area contributed by atoms with E-state index in [2.05, 4.69) is 42.7 Å². The molecule has 0 aliphatic carbocycles. The van der Waals surface area contributed by atoms with Gasteiger partial charge in [0.1, 0.15) is 7.05 Å². The third-order valence-corrected chi connectivity index (χ3v) is 2.84. The molecule has 1 aromatic carbocycles. The fourth-order valence-electron chi connectivity index (χ4n) is 1.61. The molecule has 1 aliphatic heterocycles. The van der Waals surface area contributed by atoms with Crippen LogP contribution in [0.5, 0.6) is 0 Å². The van der Waals surface area contributed by atoms with Crippen LogP contribution in [-0.4, -0.2) is 23.9 Å². The van der Waals surface area contributed by atoms with Crippen molar-refractivity contribution in [1.29, 1.82) is 0 Å². The van der Waals surface area contributed by atoms with Crippen LogP contribution in [0.2, 0.25) is 0 Å². The summed E-state index contributed by atoms with van der Waals surface area (Å²) in [6.07, 6.45) is 5.40. The van der Waals surface area contributed by atoms with Crippen LogP contribution in [0.15, 0.2) is 42.0 Å². The zero-order chi connectivity index (χ0) is 11.4. The summed E-state index contributed by atoms with van der Waals surface area (Å²) >= 11 is 0. The zero-order valence-corrected chi connectivity index (χ0v) is 9.77. The van der Waals surface area contributed by atoms with Gasteiger partial charge in [-0.05, 0) is 19.1 Å². The molecule has 1 nitrogen and oxygen atoms in total. The van der Waals surface area contributed by atoms with Gasteiger partial charge in [-0.15, -0.1) is 0 Å². The van der Waals surface area contributed by atoms with Gasteiger partial charge >= 0.3 is 0 Å². The van der Waals surface area contributed by atoms with Crippen molar-refractivity contribution >= 4 is 6.21 Å². The molecule has 0 saturated heterocycles. The van der Waals surface area contributed by atoms with Crippen molar-refractivity contribution in [3.8, 4) is 11.8 Å². The maximum Gasteiger partial charge on any atom is 0.178 e. The summed E-state index contributed by atoms with van der Waals surface area (Å²) in [4.78, 5) is 0. The predicted octanol–water partition coefficient (Wildman–Crippen LogP) is 2.47. The molecule has 1 heterocycles. The quantitative estimate of drug-likeness (QED) is 0.457. The summed E-state index contributed by atoms with van der Waals surface area (Å²) in [6, 6.07) is 10.7. The fraction of sp³-hybridized carbons (Fsp3) is 0.267. The van der Waals surface area contributed by atoms with Crippen molar-refractivity contribution in [1.82, 2.24) is 0 Å². The van der Waals surface area contributed by atoms with Crippen molar-refractivity contribution in [2.75, 3.05) is 7.05 Å². The highest BCUT2D eigenvalue weighted by Gasteiger charge is 2.14. The Balaban J connectivity index is 2.16. The monoisotopic (exact) mass is 210 g/mol. The maximum atomic E-state index is 3.20. The second kappa shape index (κ2) is 4.81. The molecule has 0 N–H and O–H groups in total. The Morgan fingerprint density at radius 2 is 1.94 bits per heavy atom. The Bertz CT molecular complexity index is 483. The van der Waals surface area contributed by atoms with Crippen LogP contribution in [0.3, 0.4) is 0 Å².